The molecule has 2 aromatic heterocycles. The molecule has 4 rings (SSSR count). The number of aromatic nitrogens is 4. The highest BCUT2D eigenvalue weighted by Crippen LogP contribution is 2.34. The Hall–Kier alpha value is -2.14. The fourth-order valence-electron chi connectivity index (χ4n) is 3.63. The van der Waals surface area contributed by atoms with Gasteiger partial charge in [-0.25, -0.2) is 0 Å². The number of likely N-dealkylation sites (tertiary alicyclic amines) is 1. The first-order valence-electron chi connectivity index (χ1n) is 7.87. The van der Waals surface area contributed by atoms with Gasteiger partial charge in [-0.05, 0) is 37.9 Å². The SMILES string of the molecule is Cc1nn(C)cc1C1CCCN1Cc1ccc2cn[nH]c2c1. The highest BCUT2D eigenvalue weighted by molar-refractivity contribution is 5.78. The minimum atomic E-state index is 0.492. The van der Waals surface area contributed by atoms with Crippen molar-refractivity contribution < 1.29 is 0 Å². The van der Waals surface area contributed by atoms with E-state index in [1.54, 1.807) is 0 Å². The van der Waals surface area contributed by atoms with E-state index >= 15 is 0 Å². The minimum absolute atomic E-state index is 0.492. The predicted molar refractivity (Wildman–Crippen MR) is 86.4 cm³/mol. The van der Waals surface area contributed by atoms with E-state index in [2.05, 4.69) is 51.5 Å². The third-order valence-electron chi connectivity index (χ3n) is 4.67. The number of H-pyrrole nitrogens is 1. The molecule has 1 aliphatic rings. The van der Waals surface area contributed by atoms with Crippen LogP contribution in [0.1, 0.15) is 35.7 Å². The molecule has 0 spiro atoms. The van der Waals surface area contributed by atoms with Crippen molar-refractivity contribution in [3.63, 3.8) is 0 Å². The predicted octanol–water partition coefficient (Wildman–Crippen LogP) is 2.94. The molecule has 0 bridgehead atoms. The maximum atomic E-state index is 4.51. The van der Waals surface area contributed by atoms with Gasteiger partial charge in [0.2, 0.25) is 0 Å². The molecular formula is C17H21N5. The molecule has 1 saturated heterocycles. The molecule has 0 saturated carbocycles. The molecule has 3 aromatic rings. The van der Waals surface area contributed by atoms with Crippen LogP contribution in [0.2, 0.25) is 0 Å². The van der Waals surface area contributed by atoms with Gasteiger partial charge in [0.1, 0.15) is 0 Å². The first-order chi connectivity index (χ1) is 10.7. The Bertz CT molecular complexity index is 800. The van der Waals surface area contributed by atoms with Crippen molar-refractivity contribution in [2.24, 2.45) is 7.05 Å². The lowest BCUT2D eigenvalue weighted by Crippen LogP contribution is -2.23. The topological polar surface area (TPSA) is 49.7 Å². The summed E-state index contributed by atoms with van der Waals surface area (Å²) in [6.45, 7) is 4.25. The Morgan fingerprint density at radius 2 is 2.27 bits per heavy atom. The van der Waals surface area contributed by atoms with Crippen LogP contribution in [0.5, 0.6) is 0 Å². The van der Waals surface area contributed by atoms with Crippen LogP contribution in [0.15, 0.2) is 30.6 Å². The number of fused-ring (bicyclic) bond motifs is 1. The van der Waals surface area contributed by atoms with E-state index in [-0.39, 0.29) is 0 Å². The Labute approximate surface area is 129 Å². The molecule has 5 heteroatoms. The molecule has 0 aliphatic carbocycles. The Morgan fingerprint density at radius 1 is 1.36 bits per heavy atom. The van der Waals surface area contributed by atoms with E-state index < -0.39 is 0 Å². The molecule has 114 valence electrons. The zero-order valence-corrected chi connectivity index (χ0v) is 13.1. The summed E-state index contributed by atoms with van der Waals surface area (Å²) in [6.07, 6.45) is 6.53. The third kappa shape index (κ3) is 2.31. The van der Waals surface area contributed by atoms with Gasteiger partial charge < -0.3 is 0 Å². The average molecular weight is 295 g/mol. The van der Waals surface area contributed by atoms with Crippen molar-refractivity contribution in [1.82, 2.24) is 24.9 Å². The molecular weight excluding hydrogens is 274 g/mol. The summed E-state index contributed by atoms with van der Waals surface area (Å²) in [5.41, 5.74) is 4.99. The van der Waals surface area contributed by atoms with Crippen molar-refractivity contribution in [2.75, 3.05) is 6.54 Å². The maximum Gasteiger partial charge on any atom is 0.0653 e. The van der Waals surface area contributed by atoms with Gasteiger partial charge in [-0.2, -0.15) is 10.2 Å². The Morgan fingerprint density at radius 3 is 3.09 bits per heavy atom. The van der Waals surface area contributed by atoms with Crippen molar-refractivity contribution >= 4 is 10.9 Å². The zero-order chi connectivity index (χ0) is 15.1. The van der Waals surface area contributed by atoms with Gasteiger partial charge >= 0.3 is 0 Å². The Kier molecular flexibility index (Phi) is 3.22. The van der Waals surface area contributed by atoms with Gasteiger partial charge in [0.25, 0.3) is 0 Å². The molecule has 1 aliphatic heterocycles. The number of benzene rings is 1. The number of nitrogens with zero attached hydrogens (tertiary/aromatic N) is 4. The van der Waals surface area contributed by atoms with E-state index in [4.69, 9.17) is 0 Å². The lowest BCUT2D eigenvalue weighted by Gasteiger charge is -2.24. The lowest BCUT2D eigenvalue weighted by atomic mass is 10.1. The van der Waals surface area contributed by atoms with Gasteiger partial charge in [0.05, 0.1) is 17.4 Å². The molecule has 5 nitrogen and oxygen atoms in total. The number of rotatable bonds is 3. The molecule has 3 heterocycles. The summed E-state index contributed by atoms with van der Waals surface area (Å²) in [7, 11) is 2.00. The highest BCUT2D eigenvalue weighted by atomic mass is 15.3. The molecule has 0 radical (unpaired) electrons. The maximum absolute atomic E-state index is 4.51. The second-order valence-corrected chi connectivity index (χ2v) is 6.26. The summed E-state index contributed by atoms with van der Waals surface area (Å²) in [5, 5.41) is 12.8. The Balaban J connectivity index is 1.59. The first kappa shape index (κ1) is 13.5. The van der Waals surface area contributed by atoms with Gasteiger partial charge in [0.15, 0.2) is 0 Å². The average Bonchev–Trinajstić information content (AvgIpc) is 3.18. The summed E-state index contributed by atoms with van der Waals surface area (Å²) in [5.74, 6) is 0. The molecule has 1 atom stereocenters. The van der Waals surface area contributed by atoms with Crippen LogP contribution in [0, 0.1) is 6.92 Å². The van der Waals surface area contributed by atoms with Crippen LogP contribution >= 0.6 is 0 Å². The quantitative estimate of drug-likeness (QED) is 0.808. The third-order valence-corrected chi connectivity index (χ3v) is 4.67. The van der Waals surface area contributed by atoms with Gasteiger partial charge in [-0.15, -0.1) is 0 Å². The van der Waals surface area contributed by atoms with Crippen LogP contribution in [-0.4, -0.2) is 31.4 Å². The zero-order valence-electron chi connectivity index (χ0n) is 13.1. The van der Waals surface area contributed by atoms with E-state index in [0.29, 0.717) is 6.04 Å². The van der Waals surface area contributed by atoms with Crippen LogP contribution in [0.25, 0.3) is 10.9 Å². The van der Waals surface area contributed by atoms with E-state index in [9.17, 15) is 0 Å². The van der Waals surface area contributed by atoms with Crippen LogP contribution in [-0.2, 0) is 13.6 Å². The van der Waals surface area contributed by atoms with E-state index in [1.807, 2.05) is 17.9 Å². The number of aromatic amines is 1. The van der Waals surface area contributed by atoms with E-state index in [0.717, 1.165) is 24.3 Å². The van der Waals surface area contributed by atoms with Gasteiger partial charge in [0, 0.05) is 36.8 Å². The summed E-state index contributed by atoms with van der Waals surface area (Å²) in [6, 6.07) is 7.07. The smallest absolute Gasteiger partial charge is 0.0653 e. The minimum Gasteiger partial charge on any atom is -0.292 e. The summed E-state index contributed by atoms with van der Waals surface area (Å²) >= 11 is 0. The van der Waals surface area contributed by atoms with Crippen LogP contribution < -0.4 is 0 Å². The fraction of sp³-hybridized carbons (Fsp3) is 0.412. The molecule has 1 N–H and O–H groups in total. The van der Waals surface area contributed by atoms with Crippen molar-refractivity contribution in [3.8, 4) is 0 Å². The number of aryl methyl sites for hydroxylation is 2. The number of hydrogen-bond donors (Lipinski definition) is 1. The first-order valence-corrected chi connectivity index (χ1v) is 7.87. The normalized spacial score (nSPS) is 19.3. The summed E-state index contributed by atoms with van der Waals surface area (Å²) in [4.78, 5) is 2.57. The van der Waals surface area contributed by atoms with Crippen LogP contribution in [0.4, 0.5) is 0 Å². The van der Waals surface area contributed by atoms with Crippen LogP contribution in [0.3, 0.4) is 0 Å². The standard InChI is InChI=1S/C17H21N5/c1-12-15(11-21(2)20-12)17-4-3-7-22(17)10-13-5-6-14-9-18-19-16(14)8-13/h5-6,8-9,11,17H,3-4,7,10H2,1-2H3,(H,18,19). The fourth-order valence-corrected chi connectivity index (χ4v) is 3.63. The van der Waals surface area contributed by atoms with Gasteiger partial charge in [-0.3, -0.25) is 14.7 Å². The number of hydrogen-bond acceptors (Lipinski definition) is 3. The monoisotopic (exact) mass is 295 g/mol. The lowest BCUT2D eigenvalue weighted by molar-refractivity contribution is 0.248. The van der Waals surface area contributed by atoms with E-state index in [1.165, 1.54) is 29.4 Å². The largest absolute Gasteiger partial charge is 0.292 e. The number of nitrogens with one attached hydrogen (secondary N) is 1. The molecule has 22 heavy (non-hydrogen) atoms. The van der Waals surface area contributed by atoms with Gasteiger partial charge in [-0.1, -0.05) is 12.1 Å². The van der Waals surface area contributed by atoms with Crippen molar-refractivity contribution in [3.05, 3.63) is 47.4 Å². The van der Waals surface area contributed by atoms with Crippen molar-refractivity contribution in [1.29, 1.82) is 0 Å². The molecule has 0 amide bonds. The molecule has 1 aromatic carbocycles. The molecule has 1 unspecified atom stereocenters. The highest BCUT2D eigenvalue weighted by Gasteiger charge is 2.28. The second-order valence-electron chi connectivity index (χ2n) is 6.26. The second kappa shape index (κ2) is 5.25. The summed E-state index contributed by atoms with van der Waals surface area (Å²) < 4.78 is 1.93. The molecule has 1 fully saturated rings. The van der Waals surface area contributed by atoms with Crippen molar-refractivity contribution in [2.45, 2.75) is 32.4 Å².